The van der Waals surface area contributed by atoms with Crippen molar-refractivity contribution in [2.45, 2.75) is 50.2 Å². The van der Waals surface area contributed by atoms with Crippen molar-refractivity contribution in [3.63, 3.8) is 0 Å². The average Bonchev–Trinajstić information content (AvgIpc) is 3.14. The highest BCUT2D eigenvalue weighted by Crippen LogP contribution is 2.25. The first-order valence-electron chi connectivity index (χ1n) is 16.7. The average molecular weight is 688 g/mol. The van der Waals surface area contributed by atoms with Gasteiger partial charge in [0.2, 0.25) is 17.7 Å². The minimum Gasteiger partial charge on any atom is -0.508 e. The third-order valence-corrected chi connectivity index (χ3v) is 8.79. The van der Waals surface area contributed by atoms with Crippen molar-refractivity contribution in [1.29, 1.82) is 0 Å². The van der Waals surface area contributed by atoms with Crippen LogP contribution in [-0.2, 0) is 38.4 Å². The first-order valence-corrected chi connectivity index (χ1v) is 16.7. The number of benzene rings is 5. The molecule has 0 fully saturated rings. The number of fused-ring (bicyclic) bond motifs is 1. The molecule has 0 spiro atoms. The summed E-state index contributed by atoms with van der Waals surface area (Å²) in [7, 11) is 1.60. The molecule has 0 heterocycles. The van der Waals surface area contributed by atoms with Gasteiger partial charge in [-0.2, -0.15) is 0 Å². The van der Waals surface area contributed by atoms with Crippen molar-refractivity contribution in [3.8, 4) is 11.5 Å². The molecule has 0 aliphatic carbocycles. The SMILES string of the molecule is COc1ccc2cc([C@H](C)C(=O)N[C@H](Cc3ccccc3)C(=O)N[C@H](Cc3ccccc3)C(=O)NC(Cc3ccc(O)cc3)C(=O)O)ccc2c1. The molecule has 262 valence electrons. The maximum absolute atomic E-state index is 14.1. The standard InChI is InChI=1S/C41H41N3O7/c1-26(30-15-16-32-25-34(51-2)20-17-31(32)24-30)38(46)42-35(21-27-9-5-3-6-10-27)39(47)43-36(22-28-11-7-4-8-12-28)40(48)44-37(41(49)50)23-29-13-18-33(45)19-14-29/h3-20,24-26,35-37,45H,21-23H2,1-2H3,(H,42,46)(H,43,47)(H,44,48)(H,49,50)/t26-,35+,36+,37?/m0/s1. The Morgan fingerprint density at radius 1 is 0.588 bits per heavy atom. The third-order valence-electron chi connectivity index (χ3n) is 8.79. The zero-order valence-corrected chi connectivity index (χ0v) is 28.4. The highest BCUT2D eigenvalue weighted by Gasteiger charge is 2.31. The Labute approximate surface area is 296 Å². The van der Waals surface area contributed by atoms with Crippen LogP contribution in [-0.4, -0.2) is 59.1 Å². The van der Waals surface area contributed by atoms with Crippen LogP contribution in [0.25, 0.3) is 10.8 Å². The Morgan fingerprint density at radius 2 is 1.06 bits per heavy atom. The molecule has 0 aliphatic rings. The zero-order valence-electron chi connectivity index (χ0n) is 28.4. The zero-order chi connectivity index (χ0) is 36.3. The number of amides is 3. The second kappa shape index (κ2) is 17.0. The van der Waals surface area contributed by atoms with Gasteiger partial charge in [0.25, 0.3) is 0 Å². The van der Waals surface area contributed by atoms with Gasteiger partial charge >= 0.3 is 5.97 Å². The minimum absolute atomic E-state index is 0.0325. The highest BCUT2D eigenvalue weighted by molar-refractivity contribution is 5.95. The van der Waals surface area contributed by atoms with Crippen molar-refractivity contribution < 1.29 is 34.1 Å². The molecule has 51 heavy (non-hydrogen) atoms. The summed E-state index contributed by atoms with van der Waals surface area (Å²) in [5.74, 6) is -2.76. The lowest BCUT2D eigenvalue weighted by molar-refractivity contribution is -0.142. The number of carbonyl (C=O) groups excluding carboxylic acids is 3. The Bertz CT molecular complexity index is 1970. The van der Waals surface area contributed by atoms with Crippen molar-refractivity contribution in [2.24, 2.45) is 0 Å². The molecular weight excluding hydrogens is 646 g/mol. The van der Waals surface area contributed by atoms with E-state index < -0.39 is 41.8 Å². The highest BCUT2D eigenvalue weighted by atomic mass is 16.5. The van der Waals surface area contributed by atoms with E-state index in [2.05, 4.69) is 16.0 Å². The fraction of sp³-hybridized carbons (Fsp3) is 0.220. The predicted molar refractivity (Wildman–Crippen MR) is 194 cm³/mol. The number of phenols is 1. The Morgan fingerprint density at radius 3 is 1.61 bits per heavy atom. The molecule has 3 amide bonds. The van der Waals surface area contributed by atoms with Crippen molar-refractivity contribution in [3.05, 3.63) is 144 Å². The Balaban J connectivity index is 1.37. The molecule has 0 aromatic heterocycles. The minimum atomic E-state index is -1.30. The summed E-state index contributed by atoms with van der Waals surface area (Å²) in [6, 6.07) is 32.2. The number of carboxylic acid groups (broad SMARTS) is 1. The maximum Gasteiger partial charge on any atom is 0.326 e. The Hall–Kier alpha value is -6.16. The van der Waals surface area contributed by atoms with E-state index in [-0.39, 0.29) is 30.9 Å². The quantitative estimate of drug-likeness (QED) is 0.105. The van der Waals surface area contributed by atoms with E-state index in [1.807, 2.05) is 84.9 Å². The molecule has 5 aromatic rings. The van der Waals surface area contributed by atoms with Crippen LogP contribution < -0.4 is 20.7 Å². The Kier molecular flexibility index (Phi) is 12.0. The molecule has 0 saturated carbocycles. The van der Waals surface area contributed by atoms with Gasteiger partial charge in [0.15, 0.2) is 0 Å². The van der Waals surface area contributed by atoms with Crippen LogP contribution in [0.2, 0.25) is 0 Å². The number of carboxylic acids is 1. The van der Waals surface area contributed by atoms with Crippen LogP contribution in [0.4, 0.5) is 0 Å². The number of hydrogen-bond donors (Lipinski definition) is 5. The summed E-state index contributed by atoms with van der Waals surface area (Å²) in [6.45, 7) is 1.77. The molecule has 10 nitrogen and oxygen atoms in total. The van der Waals surface area contributed by atoms with Gasteiger partial charge in [0.1, 0.15) is 29.6 Å². The van der Waals surface area contributed by atoms with Gasteiger partial charge in [-0.15, -0.1) is 0 Å². The normalized spacial score (nSPS) is 13.3. The van der Waals surface area contributed by atoms with Crippen molar-refractivity contribution >= 4 is 34.5 Å². The molecule has 5 aromatic carbocycles. The third kappa shape index (κ3) is 9.95. The van der Waals surface area contributed by atoms with E-state index in [0.717, 1.165) is 33.2 Å². The predicted octanol–water partition coefficient (Wildman–Crippen LogP) is 4.92. The smallest absolute Gasteiger partial charge is 0.326 e. The lowest BCUT2D eigenvalue weighted by atomic mass is 9.96. The molecule has 4 atom stereocenters. The van der Waals surface area contributed by atoms with Gasteiger partial charge in [-0.25, -0.2) is 4.79 Å². The molecule has 5 rings (SSSR count). The first-order chi connectivity index (χ1) is 24.6. The van der Waals surface area contributed by atoms with Crippen LogP contribution in [0.1, 0.15) is 35.1 Å². The van der Waals surface area contributed by atoms with Crippen LogP contribution >= 0.6 is 0 Å². The molecule has 1 unspecified atom stereocenters. The van der Waals surface area contributed by atoms with Gasteiger partial charge in [0, 0.05) is 19.3 Å². The van der Waals surface area contributed by atoms with E-state index in [4.69, 9.17) is 4.74 Å². The largest absolute Gasteiger partial charge is 0.508 e. The molecule has 0 aliphatic heterocycles. The fourth-order valence-corrected chi connectivity index (χ4v) is 5.82. The summed E-state index contributed by atoms with van der Waals surface area (Å²) in [5.41, 5.74) is 2.90. The summed E-state index contributed by atoms with van der Waals surface area (Å²) in [6.07, 6.45) is 0.190. The van der Waals surface area contributed by atoms with Crippen LogP contribution in [0.3, 0.4) is 0 Å². The molecule has 5 N–H and O–H groups in total. The maximum atomic E-state index is 14.1. The van der Waals surface area contributed by atoms with Crippen LogP contribution in [0, 0.1) is 0 Å². The number of hydrogen-bond acceptors (Lipinski definition) is 6. The van der Waals surface area contributed by atoms with Gasteiger partial charge in [-0.05, 0) is 64.2 Å². The number of phenolic OH excluding ortho intramolecular Hbond substituents is 1. The monoisotopic (exact) mass is 687 g/mol. The number of nitrogens with one attached hydrogen (secondary N) is 3. The van der Waals surface area contributed by atoms with E-state index in [9.17, 15) is 29.4 Å². The van der Waals surface area contributed by atoms with Gasteiger partial charge in [-0.3, -0.25) is 14.4 Å². The number of aliphatic carboxylic acids is 1. The van der Waals surface area contributed by atoms with Gasteiger partial charge in [0.05, 0.1) is 13.0 Å². The molecule has 10 heteroatoms. The fourth-order valence-electron chi connectivity index (χ4n) is 5.82. The lowest BCUT2D eigenvalue weighted by Gasteiger charge is -2.26. The first kappa shape index (κ1) is 36.1. The van der Waals surface area contributed by atoms with E-state index in [1.165, 1.54) is 12.1 Å². The summed E-state index contributed by atoms with van der Waals surface area (Å²) in [4.78, 5) is 53.8. The second-order valence-electron chi connectivity index (χ2n) is 12.5. The molecule has 0 radical (unpaired) electrons. The number of rotatable bonds is 15. The topological polar surface area (TPSA) is 154 Å². The van der Waals surface area contributed by atoms with Crippen LogP contribution in [0.5, 0.6) is 11.5 Å². The summed E-state index contributed by atoms with van der Waals surface area (Å²) in [5, 5.41) is 29.8. The van der Waals surface area contributed by atoms with Gasteiger partial charge in [-0.1, -0.05) is 97.1 Å². The molecule has 0 saturated heterocycles. The lowest BCUT2D eigenvalue weighted by Crippen LogP contribution is -2.57. The number of aromatic hydroxyl groups is 1. The van der Waals surface area contributed by atoms with Crippen molar-refractivity contribution in [2.75, 3.05) is 7.11 Å². The number of carbonyl (C=O) groups is 4. The summed E-state index contributed by atoms with van der Waals surface area (Å²) >= 11 is 0. The van der Waals surface area contributed by atoms with E-state index in [0.29, 0.717) is 5.56 Å². The van der Waals surface area contributed by atoms with Crippen molar-refractivity contribution in [1.82, 2.24) is 16.0 Å². The summed E-state index contributed by atoms with van der Waals surface area (Å²) < 4.78 is 5.32. The van der Waals surface area contributed by atoms with Crippen LogP contribution in [0.15, 0.2) is 121 Å². The number of ether oxygens (including phenoxy) is 1. The van der Waals surface area contributed by atoms with Gasteiger partial charge < -0.3 is 30.9 Å². The number of methoxy groups -OCH3 is 1. The molecular formula is C41H41N3O7. The van der Waals surface area contributed by atoms with E-state index >= 15 is 0 Å². The molecule has 0 bridgehead atoms. The van der Waals surface area contributed by atoms with E-state index in [1.54, 1.807) is 38.3 Å². The second-order valence-corrected chi connectivity index (χ2v) is 12.5.